The lowest BCUT2D eigenvalue weighted by Crippen LogP contribution is -2.39. The molecule has 0 aromatic carbocycles. The second-order valence-corrected chi connectivity index (χ2v) is 5.24. The maximum atomic E-state index is 3.42. The molecule has 1 aliphatic rings. The van der Waals surface area contributed by atoms with Crippen LogP contribution in [0.25, 0.3) is 0 Å². The topological polar surface area (TPSA) is 12.0 Å². The maximum Gasteiger partial charge on any atom is 0.0221 e. The van der Waals surface area contributed by atoms with Gasteiger partial charge >= 0.3 is 0 Å². The molecule has 1 aliphatic heterocycles. The van der Waals surface area contributed by atoms with Gasteiger partial charge in [0, 0.05) is 24.1 Å². The molecule has 60 valence electrons. The van der Waals surface area contributed by atoms with E-state index in [9.17, 15) is 0 Å². The van der Waals surface area contributed by atoms with Gasteiger partial charge in [0.2, 0.25) is 0 Å². The first-order chi connectivity index (χ1) is 4.61. The van der Waals surface area contributed by atoms with Gasteiger partial charge in [-0.1, -0.05) is 20.8 Å². The van der Waals surface area contributed by atoms with Gasteiger partial charge in [-0.3, -0.25) is 0 Å². The Morgan fingerprint density at radius 3 is 2.40 bits per heavy atom. The van der Waals surface area contributed by atoms with E-state index in [1.165, 1.54) is 18.8 Å². The molecule has 2 heteroatoms. The molecule has 0 aromatic rings. The molecule has 1 saturated heterocycles. The van der Waals surface area contributed by atoms with E-state index in [0.29, 0.717) is 5.41 Å². The molecule has 1 nitrogen and oxygen atoms in total. The number of rotatable bonds is 0. The number of nitrogens with one attached hydrogen (secondary N) is 1. The predicted octanol–water partition coefficient (Wildman–Crippen LogP) is 1.74. The zero-order valence-corrected chi connectivity index (χ0v) is 7.92. The lowest BCUT2D eigenvalue weighted by atomic mass is 9.91. The number of thioether (sulfide) groups is 1. The van der Waals surface area contributed by atoms with Crippen LogP contribution in [0.3, 0.4) is 0 Å². The Hall–Kier alpha value is 0.310. The summed E-state index contributed by atoms with van der Waals surface area (Å²) in [7, 11) is 0. The van der Waals surface area contributed by atoms with Crippen LogP contribution in [-0.2, 0) is 0 Å². The zero-order valence-electron chi connectivity index (χ0n) is 7.11. The molecule has 0 aromatic heterocycles. The normalized spacial score (nSPS) is 28.5. The number of hydrogen-bond acceptors (Lipinski definition) is 2. The molecule has 1 rings (SSSR count). The SMILES string of the molecule is CC(C)(C)[C@H]1CNCCS1. The van der Waals surface area contributed by atoms with Crippen LogP contribution in [0, 0.1) is 5.41 Å². The second-order valence-electron chi connectivity index (χ2n) is 3.93. The van der Waals surface area contributed by atoms with Crippen molar-refractivity contribution in [2.24, 2.45) is 5.41 Å². The highest BCUT2D eigenvalue weighted by atomic mass is 32.2. The van der Waals surface area contributed by atoms with Gasteiger partial charge in [-0.2, -0.15) is 11.8 Å². The molecule has 1 fully saturated rings. The van der Waals surface area contributed by atoms with Crippen molar-refractivity contribution >= 4 is 11.8 Å². The number of hydrogen-bond donors (Lipinski definition) is 1. The van der Waals surface area contributed by atoms with Gasteiger partial charge in [0.1, 0.15) is 0 Å². The van der Waals surface area contributed by atoms with Crippen molar-refractivity contribution in [1.82, 2.24) is 5.32 Å². The molecule has 0 radical (unpaired) electrons. The van der Waals surface area contributed by atoms with Crippen LogP contribution in [0.4, 0.5) is 0 Å². The van der Waals surface area contributed by atoms with Gasteiger partial charge in [0.25, 0.3) is 0 Å². The van der Waals surface area contributed by atoms with Crippen LogP contribution in [0.15, 0.2) is 0 Å². The van der Waals surface area contributed by atoms with Gasteiger partial charge in [0.15, 0.2) is 0 Å². The average molecular weight is 159 g/mol. The first-order valence-corrected chi connectivity index (χ1v) is 4.98. The van der Waals surface area contributed by atoms with Crippen LogP contribution >= 0.6 is 11.8 Å². The van der Waals surface area contributed by atoms with Crippen LogP contribution in [0.5, 0.6) is 0 Å². The van der Waals surface area contributed by atoms with Crippen molar-refractivity contribution in [2.45, 2.75) is 26.0 Å². The minimum absolute atomic E-state index is 0.470. The molecular weight excluding hydrogens is 142 g/mol. The van der Waals surface area contributed by atoms with Crippen molar-refractivity contribution in [1.29, 1.82) is 0 Å². The Bertz CT molecular complexity index is 100. The highest BCUT2D eigenvalue weighted by molar-refractivity contribution is 8.00. The molecule has 0 unspecified atom stereocenters. The quantitative estimate of drug-likeness (QED) is 0.578. The van der Waals surface area contributed by atoms with Crippen LogP contribution in [0.2, 0.25) is 0 Å². The van der Waals surface area contributed by atoms with E-state index in [2.05, 4.69) is 37.8 Å². The van der Waals surface area contributed by atoms with Crippen LogP contribution in [-0.4, -0.2) is 24.1 Å². The summed E-state index contributed by atoms with van der Waals surface area (Å²) in [6.45, 7) is 9.33. The van der Waals surface area contributed by atoms with Crippen molar-refractivity contribution in [3.63, 3.8) is 0 Å². The highest BCUT2D eigenvalue weighted by Crippen LogP contribution is 2.30. The van der Waals surface area contributed by atoms with Gasteiger partial charge < -0.3 is 5.32 Å². The third kappa shape index (κ3) is 2.17. The highest BCUT2D eigenvalue weighted by Gasteiger charge is 2.26. The summed E-state index contributed by atoms with van der Waals surface area (Å²) in [4.78, 5) is 0. The molecule has 10 heavy (non-hydrogen) atoms. The fraction of sp³-hybridized carbons (Fsp3) is 1.00. The Labute approximate surface area is 68.0 Å². The lowest BCUT2D eigenvalue weighted by Gasteiger charge is -2.33. The molecule has 0 saturated carbocycles. The van der Waals surface area contributed by atoms with E-state index in [0.717, 1.165) is 5.25 Å². The van der Waals surface area contributed by atoms with E-state index in [-0.39, 0.29) is 0 Å². The first kappa shape index (κ1) is 8.41. The largest absolute Gasteiger partial charge is 0.315 e. The molecule has 1 heterocycles. The summed E-state index contributed by atoms with van der Waals surface area (Å²) in [6, 6.07) is 0. The third-order valence-electron chi connectivity index (χ3n) is 1.89. The fourth-order valence-electron chi connectivity index (χ4n) is 1.12. The van der Waals surface area contributed by atoms with E-state index in [1.807, 2.05) is 0 Å². The van der Waals surface area contributed by atoms with Gasteiger partial charge in [-0.05, 0) is 5.41 Å². The Morgan fingerprint density at radius 2 is 2.10 bits per heavy atom. The summed E-state index contributed by atoms with van der Waals surface area (Å²) in [6.07, 6.45) is 0. The average Bonchev–Trinajstić information content (AvgIpc) is 1.88. The second kappa shape index (κ2) is 3.14. The summed E-state index contributed by atoms with van der Waals surface area (Å²) in [5.41, 5.74) is 0.470. The van der Waals surface area contributed by atoms with Crippen molar-refractivity contribution in [3.05, 3.63) is 0 Å². The summed E-state index contributed by atoms with van der Waals surface area (Å²) in [5.74, 6) is 1.28. The molecule has 1 N–H and O–H groups in total. The van der Waals surface area contributed by atoms with Crippen LogP contribution < -0.4 is 5.32 Å². The Morgan fingerprint density at radius 1 is 1.40 bits per heavy atom. The molecule has 0 aliphatic carbocycles. The minimum atomic E-state index is 0.470. The maximum absolute atomic E-state index is 3.42. The minimum Gasteiger partial charge on any atom is -0.315 e. The van der Waals surface area contributed by atoms with E-state index >= 15 is 0 Å². The molecule has 0 amide bonds. The smallest absolute Gasteiger partial charge is 0.0221 e. The van der Waals surface area contributed by atoms with E-state index in [4.69, 9.17) is 0 Å². The van der Waals surface area contributed by atoms with Crippen LogP contribution in [0.1, 0.15) is 20.8 Å². The Balaban J connectivity index is 2.39. The predicted molar refractivity (Wildman–Crippen MR) is 48.6 cm³/mol. The standard InChI is InChI=1S/C8H17NS/c1-8(2,3)7-6-9-4-5-10-7/h7,9H,4-6H2,1-3H3/t7-/m1/s1. The van der Waals surface area contributed by atoms with Gasteiger partial charge in [0.05, 0.1) is 0 Å². The van der Waals surface area contributed by atoms with Crippen molar-refractivity contribution in [3.8, 4) is 0 Å². The van der Waals surface area contributed by atoms with E-state index in [1.54, 1.807) is 0 Å². The zero-order chi connectivity index (χ0) is 7.61. The lowest BCUT2D eigenvalue weighted by molar-refractivity contribution is 0.377. The molecular formula is C8H17NS. The van der Waals surface area contributed by atoms with E-state index < -0.39 is 0 Å². The monoisotopic (exact) mass is 159 g/mol. The summed E-state index contributed by atoms with van der Waals surface area (Å²) >= 11 is 2.11. The van der Waals surface area contributed by atoms with Crippen molar-refractivity contribution in [2.75, 3.05) is 18.8 Å². The molecule has 1 atom stereocenters. The first-order valence-electron chi connectivity index (χ1n) is 3.93. The summed E-state index contributed by atoms with van der Waals surface area (Å²) < 4.78 is 0. The Kier molecular flexibility index (Phi) is 2.64. The molecule has 0 bridgehead atoms. The fourth-order valence-corrected chi connectivity index (χ4v) is 2.40. The van der Waals surface area contributed by atoms with Gasteiger partial charge in [-0.25, -0.2) is 0 Å². The summed E-state index contributed by atoms with van der Waals surface area (Å²) in [5, 5.41) is 4.23. The third-order valence-corrected chi connectivity index (χ3v) is 3.61. The van der Waals surface area contributed by atoms with Gasteiger partial charge in [-0.15, -0.1) is 0 Å². The molecule has 0 spiro atoms. The van der Waals surface area contributed by atoms with Crippen molar-refractivity contribution < 1.29 is 0 Å².